The third-order valence-corrected chi connectivity index (χ3v) is 5.85. The summed E-state index contributed by atoms with van der Waals surface area (Å²) in [5.41, 5.74) is -0.559. The van der Waals surface area contributed by atoms with Crippen LogP contribution < -0.4 is 4.72 Å². The molecule has 2 aliphatic rings. The van der Waals surface area contributed by atoms with E-state index < -0.39 is 27.0 Å². The van der Waals surface area contributed by atoms with E-state index in [0.29, 0.717) is 13.0 Å². The molecular formula is C14H26N2O4S. The molecule has 1 aliphatic heterocycles. The van der Waals surface area contributed by atoms with Crippen LogP contribution in [-0.2, 0) is 14.8 Å². The Balaban J connectivity index is 1.90. The number of ether oxygens (including phenoxy) is 1. The van der Waals surface area contributed by atoms with Crippen LogP contribution in [0.4, 0.5) is 4.79 Å². The molecule has 1 N–H and O–H groups in total. The molecule has 0 aromatic heterocycles. The minimum absolute atomic E-state index is 0.0746. The molecule has 0 bridgehead atoms. The number of likely N-dealkylation sites (tertiary alicyclic amines) is 1. The number of sulfonamides is 1. The second-order valence-electron chi connectivity index (χ2n) is 6.98. The first-order valence-corrected chi connectivity index (χ1v) is 9.21. The highest BCUT2D eigenvalue weighted by Crippen LogP contribution is 2.23. The third kappa shape index (κ3) is 4.57. The summed E-state index contributed by atoms with van der Waals surface area (Å²) in [7, 11) is -3.35. The highest BCUT2D eigenvalue weighted by molar-refractivity contribution is 7.90. The van der Waals surface area contributed by atoms with E-state index >= 15 is 0 Å². The Labute approximate surface area is 127 Å². The second-order valence-corrected chi connectivity index (χ2v) is 8.97. The molecule has 0 spiro atoms. The summed E-state index contributed by atoms with van der Waals surface area (Å²) in [6.07, 6.45) is 4.05. The second kappa shape index (κ2) is 6.12. The van der Waals surface area contributed by atoms with Crippen LogP contribution in [0.1, 0.15) is 52.9 Å². The lowest BCUT2D eigenvalue weighted by molar-refractivity contribution is 0.0295. The minimum Gasteiger partial charge on any atom is -0.444 e. The zero-order valence-electron chi connectivity index (χ0n) is 13.1. The normalized spacial score (nSPS) is 24.5. The van der Waals surface area contributed by atoms with Gasteiger partial charge in [-0.05, 0) is 40.0 Å². The maximum absolute atomic E-state index is 12.4. The molecule has 1 saturated heterocycles. The number of amides is 1. The van der Waals surface area contributed by atoms with E-state index in [9.17, 15) is 13.2 Å². The minimum atomic E-state index is -3.35. The average Bonchev–Trinajstić information content (AvgIpc) is 2.95. The lowest BCUT2D eigenvalue weighted by atomic mass is 10.2. The first-order valence-electron chi connectivity index (χ1n) is 7.66. The summed E-state index contributed by atoms with van der Waals surface area (Å²) in [5, 5.41) is -0.523. The largest absolute Gasteiger partial charge is 0.444 e. The van der Waals surface area contributed by atoms with Gasteiger partial charge in [0.2, 0.25) is 10.0 Å². The van der Waals surface area contributed by atoms with Crippen LogP contribution in [-0.4, -0.2) is 49.4 Å². The van der Waals surface area contributed by atoms with Crippen LogP contribution in [0.25, 0.3) is 0 Å². The Morgan fingerprint density at radius 1 is 1.19 bits per heavy atom. The van der Waals surface area contributed by atoms with Gasteiger partial charge in [0.1, 0.15) is 5.60 Å². The summed E-state index contributed by atoms with van der Waals surface area (Å²) in [4.78, 5) is 13.5. The number of nitrogens with one attached hydrogen (secondary N) is 1. The Morgan fingerprint density at radius 3 is 2.38 bits per heavy atom. The van der Waals surface area contributed by atoms with E-state index in [1.807, 2.05) is 0 Å². The molecule has 21 heavy (non-hydrogen) atoms. The predicted octanol–water partition coefficient (Wildman–Crippen LogP) is 1.86. The molecule has 1 aliphatic carbocycles. The van der Waals surface area contributed by atoms with Crippen LogP contribution in [0, 0.1) is 0 Å². The predicted molar refractivity (Wildman–Crippen MR) is 80.5 cm³/mol. The van der Waals surface area contributed by atoms with Gasteiger partial charge in [-0.15, -0.1) is 0 Å². The monoisotopic (exact) mass is 318 g/mol. The van der Waals surface area contributed by atoms with Crippen molar-refractivity contribution >= 4 is 16.1 Å². The number of nitrogens with zero attached hydrogens (tertiary/aromatic N) is 1. The topological polar surface area (TPSA) is 75.7 Å². The molecule has 7 heteroatoms. The standard InChI is InChI=1S/C14H26N2O4S/c1-14(2,3)20-13(17)16-9-8-12(10-16)21(18,19)15-11-6-4-5-7-11/h11-12,15H,4-10H2,1-3H3/t12-/m0/s1. The average molecular weight is 318 g/mol. The van der Waals surface area contributed by atoms with Crippen molar-refractivity contribution in [2.45, 2.75) is 69.8 Å². The molecule has 1 saturated carbocycles. The molecule has 6 nitrogen and oxygen atoms in total. The third-order valence-electron chi connectivity index (χ3n) is 3.92. The number of carbonyl (C=O) groups excluding carboxylic acids is 1. The summed E-state index contributed by atoms with van der Waals surface area (Å²) in [6, 6.07) is 0.0746. The molecular weight excluding hydrogens is 292 g/mol. The van der Waals surface area contributed by atoms with Crippen molar-refractivity contribution in [1.82, 2.24) is 9.62 Å². The van der Waals surface area contributed by atoms with Gasteiger partial charge in [-0.2, -0.15) is 0 Å². The van der Waals surface area contributed by atoms with Gasteiger partial charge in [0, 0.05) is 19.1 Å². The van der Waals surface area contributed by atoms with Crippen LogP contribution in [0.2, 0.25) is 0 Å². The van der Waals surface area contributed by atoms with Crippen LogP contribution in [0.3, 0.4) is 0 Å². The fraction of sp³-hybridized carbons (Fsp3) is 0.929. The maximum Gasteiger partial charge on any atom is 0.410 e. The Morgan fingerprint density at radius 2 is 1.81 bits per heavy atom. The van der Waals surface area contributed by atoms with Crippen LogP contribution in [0.5, 0.6) is 0 Å². The summed E-state index contributed by atoms with van der Waals surface area (Å²) in [5.74, 6) is 0. The van der Waals surface area contributed by atoms with E-state index in [2.05, 4.69) is 4.72 Å². The molecule has 1 amide bonds. The highest BCUT2D eigenvalue weighted by Gasteiger charge is 2.38. The lowest BCUT2D eigenvalue weighted by Gasteiger charge is -2.24. The number of carbonyl (C=O) groups is 1. The van der Waals surface area contributed by atoms with Gasteiger partial charge in [-0.1, -0.05) is 12.8 Å². The molecule has 0 unspecified atom stereocenters. The van der Waals surface area contributed by atoms with Crippen molar-refractivity contribution in [3.63, 3.8) is 0 Å². The van der Waals surface area contributed by atoms with Crippen molar-refractivity contribution in [2.24, 2.45) is 0 Å². The van der Waals surface area contributed by atoms with Crippen molar-refractivity contribution < 1.29 is 17.9 Å². The first kappa shape index (κ1) is 16.5. The molecule has 1 heterocycles. The zero-order valence-corrected chi connectivity index (χ0v) is 13.9. The van der Waals surface area contributed by atoms with Crippen molar-refractivity contribution in [3.05, 3.63) is 0 Å². The van der Waals surface area contributed by atoms with Gasteiger partial charge in [0.15, 0.2) is 0 Å². The van der Waals surface area contributed by atoms with Gasteiger partial charge < -0.3 is 9.64 Å². The van der Waals surface area contributed by atoms with Gasteiger partial charge in [0.25, 0.3) is 0 Å². The number of hydrogen-bond donors (Lipinski definition) is 1. The van der Waals surface area contributed by atoms with E-state index in [1.165, 1.54) is 4.90 Å². The summed E-state index contributed by atoms with van der Waals surface area (Å²) < 4.78 is 32.8. The Hall–Kier alpha value is -0.820. The first-order chi connectivity index (χ1) is 9.67. The fourth-order valence-electron chi connectivity index (χ4n) is 2.85. The lowest BCUT2D eigenvalue weighted by Crippen LogP contribution is -2.42. The van der Waals surface area contributed by atoms with Gasteiger partial charge in [-0.3, -0.25) is 0 Å². The smallest absolute Gasteiger partial charge is 0.410 e. The van der Waals surface area contributed by atoms with Crippen molar-refractivity contribution in [1.29, 1.82) is 0 Å². The number of rotatable bonds is 3. The molecule has 2 rings (SSSR count). The molecule has 0 aromatic carbocycles. The van der Waals surface area contributed by atoms with Crippen LogP contribution >= 0.6 is 0 Å². The van der Waals surface area contributed by atoms with Crippen molar-refractivity contribution in [3.8, 4) is 0 Å². The van der Waals surface area contributed by atoms with Gasteiger partial charge in [-0.25, -0.2) is 17.9 Å². The van der Waals surface area contributed by atoms with Crippen LogP contribution in [0.15, 0.2) is 0 Å². The summed E-state index contributed by atoms with van der Waals surface area (Å²) >= 11 is 0. The molecule has 122 valence electrons. The molecule has 1 atom stereocenters. The van der Waals surface area contributed by atoms with E-state index in [1.54, 1.807) is 20.8 Å². The molecule has 0 radical (unpaired) electrons. The zero-order chi connectivity index (χ0) is 15.7. The fourth-order valence-corrected chi connectivity index (χ4v) is 4.53. The van der Waals surface area contributed by atoms with Crippen molar-refractivity contribution in [2.75, 3.05) is 13.1 Å². The SMILES string of the molecule is CC(C)(C)OC(=O)N1CC[C@H](S(=O)(=O)NC2CCCC2)C1. The van der Waals surface area contributed by atoms with E-state index in [-0.39, 0.29) is 12.6 Å². The van der Waals surface area contributed by atoms with Gasteiger partial charge >= 0.3 is 6.09 Å². The Bertz CT molecular complexity index is 478. The van der Waals surface area contributed by atoms with Gasteiger partial charge in [0.05, 0.1) is 5.25 Å². The number of hydrogen-bond acceptors (Lipinski definition) is 4. The molecule has 2 fully saturated rings. The van der Waals surface area contributed by atoms with E-state index in [0.717, 1.165) is 25.7 Å². The highest BCUT2D eigenvalue weighted by atomic mass is 32.2. The maximum atomic E-state index is 12.4. The summed E-state index contributed by atoms with van der Waals surface area (Å²) in [6.45, 7) is 6.06. The van der Waals surface area contributed by atoms with E-state index in [4.69, 9.17) is 4.74 Å². The quantitative estimate of drug-likeness (QED) is 0.862. The Kier molecular flexibility index (Phi) is 4.82. The molecule has 0 aromatic rings.